The first-order valence-electron chi connectivity index (χ1n) is 7.96. The largest absolute Gasteiger partial charge is 0.388 e. The van der Waals surface area contributed by atoms with Gasteiger partial charge in [-0.25, -0.2) is 9.07 Å². The number of nitrogens with zero attached hydrogens (tertiary/aromatic N) is 2. The normalized spacial score (nSPS) is 11.9. The molecule has 128 valence electrons. The average Bonchev–Trinajstić information content (AvgIpc) is 3.13. The smallest absolute Gasteiger partial charge is 0.271 e. The van der Waals surface area contributed by atoms with Crippen molar-refractivity contribution >= 4 is 5.91 Å². The predicted octanol–water partition coefficient (Wildman–Crippen LogP) is 2.86. The summed E-state index contributed by atoms with van der Waals surface area (Å²) in [4.78, 5) is 12.1. The van der Waals surface area contributed by atoms with Crippen molar-refractivity contribution in [1.29, 1.82) is 0 Å². The van der Waals surface area contributed by atoms with E-state index < -0.39 is 6.10 Å². The lowest BCUT2D eigenvalue weighted by atomic mass is 10.1. The molecule has 1 unspecified atom stereocenters. The second-order valence-corrected chi connectivity index (χ2v) is 5.59. The van der Waals surface area contributed by atoms with E-state index in [1.807, 2.05) is 30.3 Å². The Labute approximate surface area is 144 Å². The van der Waals surface area contributed by atoms with Crippen molar-refractivity contribution in [3.63, 3.8) is 0 Å². The van der Waals surface area contributed by atoms with E-state index in [-0.39, 0.29) is 17.4 Å². The maximum Gasteiger partial charge on any atom is 0.271 e. The Kier molecular flexibility index (Phi) is 5.20. The molecular weight excluding hydrogens is 321 g/mol. The zero-order chi connectivity index (χ0) is 17.6. The molecule has 0 aliphatic heterocycles. The number of amides is 1. The van der Waals surface area contributed by atoms with Crippen LogP contribution in [0.2, 0.25) is 0 Å². The molecule has 25 heavy (non-hydrogen) atoms. The van der Waals surface area contributed by atoms with Crippen molar-refractivity contribution in [1.82, 2.24) is 15.1 Å². The quantitative estimate of drug-likeness (QED) is 0.726. The van der Waals surface area contributed by atoms with Crippen LogP contribution in [0.3, 0.4) is 0 Å². The number of aliphatic hydroxyl groups excluding tert-OH is 1. The molecule has 1 aromatic heterocycles. The molecule has 3 aromatic rings. The Balaban J connectivity index is 1.54. The minimum absolute atomic E-state index is 0.263. The first kappa shape index (κ1) is 16.9. The van der Waals surface area contributed by atoms with Gasteiger partial charge >= 0.3 is 0 Å². The third-order valence-corrected chi connectivity index (χ3v) is 3.80. The van der Waals surface area contributed by atoms with Crippen molar-refractivity contribution in [2.75, 3.05) is 6.54 Å². The van der Waals surface area contributed by atoms with Gasteiger partial charge in [0.1, 0.15) is 5.82 Å². The molecule has 0 saturated heterocycles. The maximum atomic E-state index is 12.9. The third kappa shape index (κ3) is 4.30. The number of halogens is 1. The van der Waals surface area contributed by atoms with Crippen LogP contribution in [0.15, 0.2) is 66.9 Å². The predicted molar refractivity (Wildman–Crippen MR) is 91.9 cm³/mol. The average molecular weight is 339 g/mol. The van der Waals surface area contributed by atoms with Gasteiger partial charge in [0.05, 0.1) is 11.8 Å². The number of nitrogens with one attached hydrogen (secondary N) is 1. The molecule has 0 radical (unpaired) electrons. The summed E-state index contributed by atoms with van der Waals surface area (Å²) in [7, 11) is 0. The highest BCUT2D eigenvalue weighted by atomic mass is 19.1. The van der Waals surface area contributed by atoms with Gasteiger partial charge < -0.3 is 10.4 Å². The zero-order valence-corrected chi connectivity index (χ0v) is 13.5. The summed E-state index contributed by atoms with van der Waals surface area (Å²) in [6, 6.07) is 16.7. The van der Waals surface area contributed by atoms with Crippen molar-refractivity contribution in [2.45, 2.75) is 12.5 Å². The van der Waals surface area contributed by atoms with Crippen molar-refractivity contribution in [3.8, 4) is 5.69 Å². The summed E-state index contributed by atoms with van der Waals surface area (Å²) in [6.45, 7) is 0.332. The van der Waals surface area contributed by atoms with Gasteiger partial charge in [-0.15, -0.1) is 0 Å². The van der Waals surface area contributed by atoms with Crippen molar-refractivity contribution in [2.24, 2.45) is 0 Å². The van der Waals surface area contributed by atoms with E-state index in [1.165, 1.54) is 16.8 Å². The van der Waals surface area contributed by atoms with E-state index in [4.69, 9.17) is 0 Å². The highest BCUT2D eigenvalue weighted by Crippen LogP contribution is 2.15. The number of hydrogen-bond donors (Lipinski definition) is 2. The van der Waals surface area contributed by atoms with Crippen molar-refractivity contribution in [3.05, 3.63) is 83.9 Å². The fourth-order valence-corrected chi connectivity index (χ4v) is 2.44. The lowest BCUT2D eigenvalue weighted by Gasteiger charge is -2.11. The van der Waals surface area contributed by atoms with E-state index in [0.717, 1.165) is 5.56 Å². The fourth-order valence-electron chi connectivity index (χ4n) is 2.44. The monoisotopic (exact) mass is 339 g/mol. The molecule has 2 N–H and O–H groups in total. The molecule has 1 amide bonds. The van der Waals surface area contributed by atoms with Crippen LogP contribution in [0, 0.1) is 5.82 Å². The summed E-state index contributed by atoms with van der Waals surface area (Å²) < 4.78 is 14.5. The maximum absolute atomic E-state index is 12.9. The Morgan fingerprint density at radius 3 is 2.56 bits per heavy atom. The summed E-state index contributed by atoms with van der Waals surface area (Å²) >= 11 is 0. The van der Waals surface area contributed by atoms with Gasteiger partial charge in [-0.1, -0.05) is 30.3 Å². The van der Waals surface area contributed by atoms with Crippen LogP contribution in [0.25, 0.3) is 5.69 Å². The number of carbonyl (C=O) groups is 1. The molecule has 3 rings (SSSR count). The van der Waals surface area contributed by atoms with E-state index >= 15 is 0 Å². The van der Waals surface area contributed by atoms with Gasteiger partial charge in [-0.3, -0.25) is 4.79 Å². The standard InChI is InChI=1S/C19H18FN3O2/c20-15-6-8-16(9-7-15)23-13-11-17(22-23)19(25)21-12-10-18(24)14-4-2-1-3-5-14/h1-9,11,13,18,24H,10,12H2,(H,21,25). The molecule has 6 heteroatoms. The van der Waals surface area contributed by atoms with Crippen LogP contribution >= 0.6 is 0 Å². The third-order valence-electron chi connectivity index (χ3n) is 3.80. The zero-order valence-electron chi connectivity index (χ0n) is 13.5. The molecule has 5 nitrogen and oxygen atoms in total. The number of carbonyl (C=O) groups excluding carboxylic acids is 1. The summed E-state index contributed by atoms with van der Waals surface area (Å²) in [5.74, 6) is -0.646. The molecule has 0 aliphatic rings. The van der Waals surface area contributed by atoms with Crippen LogP contribution in [-0.4, -0.2) is 27.3 Å². The number of hydrogen-bond acceptors (Lipinski definition) is 3. The number of aromatic nitrogens is 2. The van der Waals surface area contributed by atoms with E-state index in [9.17, 15) is 14.3 Å². The Morgan fingerprint density at radius 2 is 1.84 bits per heavy atom. The van der Waals surface area contributed by atoms with E-state index in [0.29, 0.717) is 18.7 Å². The Morgan fingerprint density at radius 1 is 1.12 bits per heavy atom. The van der Waals surface area contributed by atoms with Gasteiger partial charge in [0, 0.05) is 12.7 Å². The topological polar surface area (TPSA) is 67.2 Å². The van der Waals surface area contributed by atoms with Gasteiger partial charge in [0.2, 0.25) is 0 Å². The van der Waals surface area contributed by atoms with Gasteiger partial charge in [0.25, 0.3) is 5.91 Å². The summed E-state index contributed by atoms with van der Waals surface area (Å²) in [5, 5.41) is 17.0. The van der Waals surface area contributed by atoms with Crippen LogP contribution in [-0.2, 0) is 0 Å². The Hall–Kier alpha value is -2.99. The van der Waals surface area contributed by atoms with Gasteiger partial charge in [-0.2, -0.15) is 5.10 Å². The minimum Gasteiger partial charge on any atom is -0.388 e. The molecule has 0 fully saturated rings. The van der Waals surface area contributed by atoms with Crippen LogP contribution in [0.1, 0.15) is 28.6 Å². The number of aliphatic hydroxyl groups is 1. The SMILES string of the molecule is O=C(NCCC(O)c1ccccc1)c1ccn(-c2ccc(F)cc2)n1. The molecule has 0 spiro atoms. The Bertz CT molecular complexity index is 831. The van der Waals surface area contributed by atoms with Gasteiger partial charge in [0.15, 0.2) is 5.69 Å². The second kappa shape index (κ2) is 7.72. The first-order chi connectivity index (χ1) is 12.1. The van der Waals surface area contributed by atoms with Crippen LogP contribution < -0.4 is 5.32 Å². The molecule has 1 atom stereocenters. The molecule has 2 aromatic carbocycles. The summed E-state index contributed by atoms with van der Waals surface area (Å²) in [6.07, 6.45) is 1.42. The highest BCUT2D eigenvalue weighted by Gasteiger charge is 2.12. The van der Waals surface area contributed by atoms with E-state index in [1.54, 1.807) is 24.4 Å². The molecule has 0 aliphatic carbocycles. The number of rotatable bonds is 6. The molecule has 0 bridgehead atoms. The molecule has 0 saturated carbocycles. The fraction of sp³-hybridized carbons (Fsp3) is 0.158. The van der Waals surface area contributed by atoms with Crippen molar-refractivity contribution < 1.29 is 14.3 Å². The lowest BCUT2D eigenvalue weighted by molar-refractivity contribution is 0.0937. The number of benzene rings is 2. The minimum atomic E-state index is -0.627. The first-order valence-corrected chi connectivity index (χ1v) is 7.96. The van der Waals surface area contributed by atoms with Crippen LogP contribution in [0.4, 0.5) is 4.39 Å². The summed E-state index contributed by atoms with van der Waals surface area (Å²) in [5.41, 5.74) is 1.75. The van der Waals surface area contributed by atoms with E-state index in [2.05, 4.69) is 10.4 Å². The lowest BCUT2D eigenvalue weighted by Crippen LogP contribution is -2.26. The van der Waals surface area contributed by atoms with Gasteiger partial charge in [-0.05, 0) is 42.3 Å². The highest BCUT2D eigenvalue weighted by molar-refractivity contribution is 5.92. The molecule has 1 heterocycles. The van der Waals surface area contributed by atoms with Crippen LogP contribution in [0.5, 0.6) is 0 Å². The molecular formula is C19H18FN3O2. The second-order valence-electron chi connectivity index (χ2n) is 5.59.